The largest absolute Gasteiger partial charge is 0.361 e. The number of nitroso groups, excluding NO2 is 1. The Kier molecular flexibility index (Phi) is 10.6. The number of unbranched alkanes of at least 4 members (excludes halogenated alkanes) is 11. The van der Waals surface area contributed by atoms with Gasteiger partial charge in [0.2, 0.25) is 0 Å². The van der Waals surface area contributed by atoms with E-state index in [4.69, 9.17) is 0 Å². The van der Waals surface area contributed by atoms with Crippen LogP contribution in [0.2, 0.25) is 0 Å². The second-order valence-corrected chi connectivity index (χ2v) is 9.66. The molecule has 3 rings (SSSR count). The summed E-state index contributed by atoms with van der Waals surface area (Å²) in [6, 6.07) is 13.6. The molecule has 5 heteroatoms. The maximum atomic E-state index is 12.5. The molecule has 0 saturated carbocycles. The maximum absolute atomic E-state index is 12.5. The maximum Gasteiger partial charge on any atom is 0.257 e. The number of anilines is 1. The number of aryl methyl sites for hydroxylation is 1. The number of carbonyl (C=O) groups is 1. The van der Waals surface area contributed by atoms with Gasteiger partial charge in [0.25, 0.3) is 11.6 Å². The number of hydrogen-bond donors (Lipinski definition) is 2. The molecular formula is C29H42N3O2+. The van der Waals surface area contributed by atoms with E-state index in [-0.39, 0.29) is 12.1 Å². The van der Waals surface area contributed by atoms with Crippen LogP contribution in [-0.4, -0.2) is 17.7 Å². The average molecular weight is 465 g/mol. The van der Waals surface area contributed by atoms with E-state index in [2.05, 4.69) is 41.8 Å². The number of benzene rings is 2. The van der Waals surface area contributed by atoms with E-state index in [0.717, 1.165) is 16.7 Å². The molecule has 0 radical (unpaired) electrons. The van der Waals surface area contributed by atoms with Gasteiger partial charge in [-0.2, -0.15) is 0 Å². The zero-order valence-electron chi connectivity index (χ0n) is 21.1. The Balaban J connectivity index is 1.35. The van der Waals surface area contributed by atoms with Crippen molar-refractivity contribution in [1.82, 2.24) is 5.32 Å². The van der Waals surface area contributed by atoms with Crippen molar-refractivity contribution in [2.24, 2.45) is 0 Å². The quantitative estimate of drug-likeness (QED) is 0.209. The molecule has 0 fully saturated rings. The highest BCUT2D eigenvalue weighted by Gasteiger charge is 2.26. The van der Waals surface area contributed by atoms with Crippen LogP contribution in [0.4, 0.5) is 11.4 Å². The summed E-state index contributed by atoms with van der Waals surface area (Å²) in [5, 5.41) is 6.36. The number of carbonyl (C=O) groups excluding carboxylic acids is 1. The van der Waals surface area contributed by atoms with Crippen LogP contribution in [-0.2, 0) is 6.42 Å². The minimum atomic E-state index is -0.298. The van der Waals surface area contributed by atoms with Crippen LogP contribution in [0.25, 0.3) is 0 Å². The number of nitrogens with one attached hydrogen (secondary N) is 2. The minimum absolute atomic E-state index is 0.126. The standard InChI is InChI=1S/C29H41N3O2/c1-3-4-5-6-7-8-9-10-11-12-13-14-15-23-16-18-24(19-17-23)28-30-27-22-25(32(2)34)20-21-26(27)29(33)31-28/h16-22,28H,3-15H2,1-2H3,(H-,30,31,33)/p+1. The third-order valence-corrected chi connectivity index (χ3v) is 6.82. The van der Waals surface area contributed by atoms with Crippen molar-refractivity contribution in [3.05, 3.63) is 64.1 Å². The van der Waals surface area contributed by atoms with E-state index in [9.17, 15) is 9.70 Å². The first-order chi connectivity index (χ1) is 16.6. The van der Waals surface area contributed by atoms with Crippen LogP contribution in [0.15, 0.2) is 42.5 Å². The lowest BCUT2D eigenvalue weighted by Crippen LogP contribution is -2.38. The van der Waals surface area contributed by atoms with Crippen molar-refractivity contribution in [2.45, 2.75) is 96.6 Å². The second kappa shape index (κ2) is 13.9. The first kappa shape index (κ1) is 25.9. The zero-order chi connectivity index (χ0) is 24.2. The van der Waals surface area contributed by atoms with Crippen LogP contribution in [0.5, 0.6) is 0 Å². The smallest absolute Gasteiger partial charge is 0.257 e. The van der Waals surface area contributed by atoms with Gasteiger partial charge in [-0.05, 0) is 30.0 Å². The van der Waals surface area contributed by atoms with Crippen LogP contribution >= 0.6 is 0 Å². The molecule has 0 aliphatic carbocycles. The van der Waals surface area contributed by atoms with Gasteiger partial charge in [0.15, 0.2) is 7.05 Å². The van der Waals surface area contributed by atoms with E-state index >= 15 is 0 Å². The lowest BCUT2D eigenvalue weighted by molar-refractivity contribution is -0.428. The van der Waals surface area contributed by atoms with E-state index in [1.54, 1.807) is 18.2 Å². The first-order valence-corrected chi connectivity index (χ1v) is 13.3. The van der Waals surface area contributed by atoms with E-state index in [1.165, 1.54) is 89.7 Å². The lowest BCUT2D eigenvalue weighted by Gasteiger charge is -2.28. The van der Waals surface area contributed by atoms with Gasteiger partial charge in [0.05, 0.1) is 11.3 Å². The summed E-state index contributed by atoms with van der Waals surface area (Å²) >= 11 is 0. The third-order valence-electron chi connectivity index (χ3n) is 6.82. The number of nitrogens with zero attached hydrogens (tertiary/aromatic N) is 1. The van der Waals surface area contributed by atoms with E-state index in [1.807, 2.05) is 0 Å². The number of hydrogen-bond acceptors (Lipinski definition) is 3. The Morgan fingerprint density at radius 1 is 0.765 bits per heavy atom. The van der Waals surface area contributed by atoms with Crippen LogP contribution in [0.3, 0.4) is 0 Å². The molecule has 1 unspecified atom stereocenters. The summed E-state index contributed by atoms with van der Waals surface area (Å²) in [7, 11) is 1.46. The number of amides is 1. The number of fused-ring (bicyclic) bond motifs is 1. The van der Waals surface area contributed by atoms with Crippen molar-refractivity contribution in [1.29, 1.82) is 0 Å². The molecule has 34 heavy (non-hydrogen) atoms. The molecular weight excluding hydrogens is 422 g/mol. The molecule has 0 spiro atoms. The van der Waals surface area contributed by atoms with E-state index in [0.29, 0.717) is 16.9 Å². The van der Waals surface area contributed by atoms with Crippen molar-refractivity contribution in [3.63, 3.8) is 0 Å². The van der Waals surface area contributed by atoms with E-state index < -0.39 is 0 Å². The highest BCUT2D eigenvalue weighted by Crippen LogP contribution is 2.30. The highest BCUT2D eigenvalue weighted by atomic mass is 16.3. The fourth-order valence-electron chi connectivity index (χ4n) is 4.66. The Bertz CT molecular complexity index is 923. The van der Waals surface area contributed by atoms with Crippen LogP contribution < -0.4 is 10.6 Å². The van der Waals surface area contributed by atoms with Gasteiger partial charge in [-0.25, -0.2) is 0 Å². The molecule has 0 saturated heterocycles. The SMILES string of the molecule is CCCCCCCCCCCCCCc1ccc(C2NC(=O)c3ccc([N+](C)=O)cc3N2)cc1. The number of rotatable bonds is 15. The summed E-state index contributed by atoms with van der Waals surface area (Å²) in [5.41, 5.74) is 4.13. The van der Waals surface area contributed by atoms with Gasteiger partial charge in [0.1, 0.15) is 6.17 Å². The Labute approximate surface area is 205 Å². The summed E-state index contributed by atoms with van der Waals surface area (Å²) in [4.78, 5) is 24.1. The normalized spacial score (nSPS) is 14.9. The fourth-order valence-corrected chi connectivity index (χ4v) is 4.66. The summed E-state index contributed by atoms with van der Waals surface area (Å²) < 4.78 is 0.799. The molecule has 0 bridgehead atoms. The Hall–Kier alpha value is -2.69. The van der Waals surface area contributed by atoms with Gasteiger partial charge in [0, 0.05) is 21.8 Å². The molecule has 2 aromatic carbocycles. The average Bonchev–Trinajstić information content (AvgIpc) is 2.84. The van der Waals surface area contributed by atoms with Gasteiger partial charge in [-0.3, -0.25) is 4.79 Å². The van der Waals surface area contributed by atoms with Crippen molar-refractivity contribution in [2.75, 3.05) is 12.4 Å². The summed E-state index contributed by atoms with van der Waals surface area (Å²) in [6.45, 7) is 2.27. The highest BCUT2D eigenvalue weighted by molar-refractivity contribution is 6.02. The summed E-state index contributed by atoms with van der Waals surface area (Å²) in [6.07, 6.45) is 17.2. The zero-order valence-corrected chi connectivity index (χ0v) is 21.1. The first-order valence-electron chi connectivity index (χ1n) is 13.3. The fraction of sp³-hybridized carbons (Fsp3) is 0.552. The molecule has 5 nitrogen and oxygen atoms in total. The molecule has 1 amide bonds. The molecule has 1 aliphatic heterocycles. The summed E-state index contributed by atoms with van der Waals surface area (Å²) in [5.74, 6) is -0.126. The topological polar surface area (TPSA) is 61.2 Å². The van der Waals surface area contributed by atoms with Gasteiger partial charge in [-0.15, -0.1) is 0 Å². The molecule has 0 aromatic heterocycles. The van der Waals surface area contributed by atoms with Crippen molar-refractivity contribution < 1.29 is 9.55 Å². The van der Waals surface area contributed by atoms with Gasteiger partial charge < -0.3 is 10.6 Å². The van der Waals surface area contributed by atoms with Crippen LogP contribution in [0.1, 0.15) is 112 Å². The molecule has 184 valence electrons. The van der Waals surface area contributed by atoms with Crippen molar-refractivity contribution in [3.8, 4) is 0 Å². The minimum Gasteiger partial charge on any atom is -0.361 e. The lowest BCUT2D eigenvalue weighted by atomic mass is 10.0. The Morgan fingerprint density at radius 2 is 1.35 bits per heavy atom. The molecule has 1 aliphatic rings. The predicted molar refractivity (Wildman–Crippen MR) is 141 cm³/mol. The Morgan fingerprint density at radius 3 is 1.94 bits per heavy atom. The molecule has 2 aromatic rings. The molecule has 2 N–H and O–H groups in total. The molecule has 1 atom stereocenters. The van der Waals surface area contributed by atoms with Crippen molar-refractivity contribution >= 4 is 17.3 Å². The third kappa shape index (κ3) is 7.96. The monoisotopic (exact) mass is 464 g/mol. The predicted octanol–water partition coefficient (Wildman–Crippen LogP) is 7.82. The molecule has 1 heterocycles. The van der Waals surface area contributed by atoms with Gasteiger partial charge >= 0.3 is 0 Å². The van der Waals surface area contributed by atoms with Crippen LogP contribution in [0, 0.1) is 4.91 Å². The second-order valence-electron chi connectivity index (χ2n) is 9.66. The van der Waals surface area contributed by atoms with Gasteiger partial charge in [-0.1, -0.05) is 102 Å².